The van der Waals surface area contributed by atoms with E-state index in [2.05, 4.69) is 31.0 Å². The van der Waals surface area contributed by atoms with Crippen molar-refractivity contribution < 1.29 is 13.5 Å². The summed E-state index contributed by atoms with van der Waals surface area (Å²) in [6.07, 6.45) is -1.26. The van der Waals surface area contributed by atoms with Gasteiger partial charge in [0.05, 0.1) is 6.61 Å². The van der Waals surface area contributed by atoms with Gasteiger partial charge in [0.25, 0.3) is 6.43 Å². The minimum Gasteiger partial charge on any atom is -0.374 e. The smallest absolute Gasteiger partial charge is 0.261 e. The van der Waals surface area contributed by atoms with Crippen LogP contribution in [0.15, 0.2) is 0 Å². The number of alkyl halides is 2. The fourth-order valence-corrected chi connectivity index (χ4v) is 2.14. The zero-order valence-electron chi connectivity index (χ0n) is 11.7. The van der Waals surface area contributed by atoms with Gasteiger partial charge in [0.1, 0.15) is 6.61 Å². The molecule has 0 aromatic heterocycles. The van der Waals surface area contributed by atoms with Gasteiger partial charge in [0.15, 0.2) is 0 Å². The average molecular weight is 264 g/mol. The number of ether oxygens (including phenoxy) is 1. The van der Waals surface area contributed by atoms with Crippen LogP contribution in [0.2, 0.25) is 0 Å². The molecule has 0 aliphatic carbocycles. The Labute approximate surface area is 109 Å². The van der Waals surface area contributed by atoms with Crippen molar-refractivity contribution in [3.63, 3.8) is 0 Å². The van der Waals surface area contributed by atoms with Crippen LogP contribution in [0.4, 0.5) is 8.78 Å². The molecule has 1 heterocycles. The highest BCUT2D eigenvalue weighted by atomic mass is 19.3. The van der Waals surface area contributed by atoms with Crippen LogP contribution in [0.25, 0.3) is 0 Å². The van der Waals surface area contributed by atoms with Gasteiger partial charge in [-0.25, -0.2) is 8.78 Å². The first-order valence-corrected chi connectivity index (χ1v) is 6.71. The van der Waals surface area contributed by atoms with Crippen molar-refractivity contribution in [2.45, 2.75) is 39.7 Å². The summed E-state index contributed by atoms with van der Waals surface area (Å²) < 4.78 is 28.8. The van der Waals surface area contributed by atoms with E-state index in [-0.39, 0.29) is 5.41 Å². The molecular weight excluding hydrogens is 238 g/mol. The lowest BCUT2D eigenvalue weighted by Gasteiger charge is -2.33. The maximum absolute atomic E-state index is 11.9. The van der Waals surface area contributed by atoms with Gasteiger partial charge in [-0.2, -0.15) is 0 Å². The Morgan fingerprint density at radius 3 is 2.72 bits per heavy atom. The second kappa shape index (κ2) is 7.36. The minimum atomic E-state index is -2.36. The maximum atomic E-state index is 11.9. The molecule has 0 aromatic carbocycles. The third-order valence-electron chi connectivity index (χ3n) is 3.32. The van der Waals surface area contributed by atoms with E-state index in [1.54, 1.807) is 0 Å². The number of halogens is 2. The fraction of sp³-hybridized carbons (Fsp3) is 1.00. The van der Waals surface area contributed by atoms with Gasteiger partial charge in [-0.05, 0) is 24.9 Å². The van der Waals surface area contributed by atoms with Crippen LogP contribution in [0.3, 0.4) is 0 Å². The molecule has 108 valence electrons. The zero-order chi connectivity index (χ0) is 13.6. The lowest BCUT2D eigenvalue weighted by atomic mass is 9.86. The summed E-state index contributed by atoms with van der Waals surface area (Å²) in [5, 5.41) is 3.56. The molecule has 5 heteroatoms. The molecule has 0 spiro atoms. The molecule has 18 heavy (non-hydrogen) atoms. The molecule has 1 unspecified atom stereocenters. The third kappa shape index (κ3) is 6.07. The normalized spacial score (nSPS) is 23.3. The topological polar surface area (TPSA) is 24.5 Å². The molecule has 0 amide bonds. The van der Waals surface area contributed by atoms with Crippen molar-refractivity contribution in [1.82, 2.24) is 10.2 Å². The highest BCUT2D eigenvalue weighted by molar-refractivity contribution is 4.85. The maximum Gasteiger partial charge on any atom is 0.261 e. The SMILES string of the molecule is CC(C)(C)C1CN(CCOCC(F)F)CCCN1. The molecule has 1 rings (SSSR count). The highest BCUT2D eigenvalue weighted by Crippen LogP contribution is 2.21. The first-order valence-electron chi connectivity index (χ1n) is 6.71. The van der Waals surface area contributed by atoms with E-state index >= 15 is 0 Å². The fourth-order valence-electron chi connectivity index (χ4n) is 2.14. The Balaban J connectivity index is 2.31. The van der Waals surface area contributed by atoms with Crippen molar-refractivity contribution in [3.05, 3.63) is 0 Å². The van der Waals surface area contributed by atoms with Crippen molar-refractivity contribution in [2.24, 2.45) is 5.41 Å². The van der Waals surface area contributed by atoms with Gasteiger partial charge in [-0.1, -0.05) is 20.8 Å². The van der Waals surface area contributed by atoms with Crippen LogP contribution < -0.4 is 5.32 Å². The zero-order valence-corrected chi connectivity index (χ0v) is 11.7. The highest BCUT2D eigenvalue weighted by Gasteiger charge is 2.27. The quantitative estimate of drug-likeness (QED) is 0.768. The van der Waals surface area contributed by atoms with Gasteiger partial charge >= 0.3 is 0 Å². The molecule has 0 radical (unpaired) electrons. The Morgan fingerprint density at radius 2 is 2.11 bits per heavy atom. The molecule has 1 fully saturated rings. The summed E-state index contributed by atoms with van der Waals surface area (Å²) >= 11 is 0. The molecular formula is C13H26F2N2O. The lowest BCUT2D eigenvalue weighted by Crippen LogP contribution is -2.46. The van der Waals surface area contributed by atoms with E-state index in [4.69, 9.17) is 4.74 Å². The van der Waals surface area contributed by atoms with Gasteiger partial charge in [0, 0.05) is 19.1 Å². The Kier molecular flexibility index (Phi) is 6.46. The van der Waals surface area contributed by atoms with E-state index in [0.717, 1.165) is 32.6 Å². The van der Waals surface area contributed by atoms with Crippen LogP contribution in [0.5, 0.6) is 0 Å². The minimum absolute atomic E-state index is 0.215. The van der Waals surface area contributed by atoms with E-state index in [9.17, 15) is 8.78 Å². The van der Waals surface area contributed by atoms with Crippen LogP contribution in [-0.2, 0) is 4.74 Å². The van der Waals surface area contributed by atoms with Gasteiger partial charge < -0.3 is 10.1 Å². The predicted octanol–water partition coefficient (Wildman–Crippen LogP) is 1.98. The number of nitrogens with one attached hydrogen (secondary N) is 1. The van der Waals surface area contributed by atoms with E-state index < -0.39 is 13.0 Å². The number of rotatable bonds is 5. The Bertz CT molecular complexity index is 232. The van der Waals surface area contributed by atoms with E-state index in [1.807, 2.05) is 0 Å². The van der Waals surface area contributed by atoms with Crippen molar-refractivity contribution in [3.8, 4) is 0 Å². The molecule has 0 bridgehead atoms. The predicted molar refractivity (Wildman–Crippen MR) is 69.1 cm³/mol. The summed E-state index contributed by atoms with van der Waals surface area (Å²) in [4.78, 5) is 2.31. The first-order chi connectivity index (χ1) is 8.39. The monoisotopic (exact) mass is 264 g/mol. The largest absolute Gasteiger partial charge is 0.374 e. The van der Waals surface area contributed by atoms with Gasteiger partial charge in [-0.3, -0.25) is 4.90 Å². The standard InChI is InChI=1S/C13H26F2N2O/c1-13(2,3)11-9-17(6-4-5-16-11)7-8-18-10-12(14)15/h11-12,16H,4-10H2,1-3H3. The van der Waals surface area contributed by atoms with Crippen LogP contribution >= 0.6 is 0 Å². The van der Waals surface area contributed by atoms with Gasteiger partial charge in [-0.15, -0.1) is 0 Å². The van der Waals surface area contributed by atoms with Crippen LogP contribution in [0.1, 0.15) is 27.2 Å². The molecule has 0 saturated carbocycles. The molecule has 3 nitrogen and oxygen atoms in total. The summed E-state index contributed by atoms with van der Waals surface area (Å²) in [5.74, 6) is 0. The lowest BCUT2D eigenvalue weighted by molar-refractivity contribution is 0.00884. The number of nitrogens with zero attached hydrogens (tertiary/aromatic N) is 1. The summed E-state index contributed by atoms with van der Waals surface area (Å²) in [5.41, 5.74) is 0.215. The van der Waals surface area contributed by atoms with Crippen molar-refractivity contribution in [1.29, 1.82) is 0 Å². The number of hydrogen-bond donors (Lipinski definition) is 1. The van der Waals surface area contributed by atoms with Crippen molar-refractivity contribution in [2.75, 3.05) is 39.4 Å². The van der Waals surface area contributed by atoms with Gasteiger partial charge in [0.2, 0.25) is 0 Å². The Hall–Kier alpha value is -0.260. The molecule has 1 aliphatic rings. The van der Waals surface area contributed by atoms with E-state index in [1.165, 1.54) is 0 Å². The van der Waals surface area contributed by atoms with Crippen molar-refractivity contribution >= 4 is 0 Å². The second-order valence-corrected chi connectivity index (χ2v) is 5.99. The summed E-state index contributed by atoms with van der Waals surface area (Å²) in [6, 6.07) is 0.440. The first kappa shape index (κ1) is 15.8. The molecule has 1 atom stereocenters. The summed E-state index contributed by atoms with van der Waals surface area (Å²) in [6.45, 7) is 10.3. The molecule has 1 aliphatic heterocycles. The Morgan fingerprint density at radius 1 is 1.39 bits per heavy atom. The summed E-state index contributed by atoms with van der Waals surface area (Å²) in [7, 11) is 0. The van der Waals surface area contributed by atoms with Crippen LogP contribution in [0, 0.1) is 5.41 Å². The molecule has 1 saturated heterocycles. The molecule has 1 N–H and O–H groups in total. The second-order valence-electron chi connectivity index (χ2n) is 5.99. The van der Waals surface area contributed by atoms with Crippen LogP contribution in [-0.4, -0.2) is 56.8 Å². The van der Waals surface area contributed by atoms with E-state index in [0.29, 0.717) is 12.6 Å². The molecule has 0 aromatic rings. The third-order valence-corrected chi connectivity index (χ3v) is 3.32. The average Bonchev–Trinajstić information content (AvgIpc) is 2.48. The number of hydrogen-bond acceptors (Lipinski definition) is 3.